The van der Waals surface area contributed by atoms with Crippen LogP contribution in [0, 0.1) is 5.92 Å². The molecule has 2 N–H and O–H groups in total. The normalized spacial score (nSPS) is 16.9. The molecule has 0 amide bonds. The summed E-state index contributed by atoms with van der Waals surface area (Å²) in [4.78, 5) is 7.17. The lowest BCUT2D eigenvalue weighted by molar-refractivity contribution is -0.001000. The molecule has 0 spiro atoms. The summed E-state index contributed by atoms with van der Waals surface area (Å²) in [5, 5.41) is 3.37. The molecular weight excluding hydrogens is 310 g/mol. The lowest BCUT2D eigenvalue weighted by atomic mass is 9.93. The van der Waals surface area contributed by atoms with E-state index in [2.05, 4.69) is 15.3 Å². The van der Waals surface area contributed by atoms with Crippen molar-refractivity contribution in [3.8, 4) is 0 Å². The Bertz CT molecular complexity index is 220. The molecule has 1 aliphatic rings. The molecule has 0 aliphatic carbocycles. The molecular formula is C9H15Br2N3-2. The minimum Gasteiger partial charge on any atom is -1.00 e. The summed E-state index contributed by atoms with van der Waals surface area (Å²) in [5.74, 6) is 0.853. The summed E-state index contributed by atoms with van der Waals surface area (Å²) >= 11 is 0. The fourth-order valence-electron chi connectivity index (χ4n) is 1.79. The number of piperidine rings is 1. The maximum absolute atomic E-state index is 4.02. The van der Waals surface area contributed by atoms with Gasteiger partial charge in [0.2, 0.25) is 0 Å². The topological polar surface area (TPSA) is 40.7 Å². The molecule has 1 fully saturated rings. The molecule has 0 atom stereocenters. The predicted octanol–water partition coefficient (Wildman–Crippen LogP) is -5.04. The molecule has 0 bridgehead atoms. The van der Waals surface area contributed by atoms with Crippen LogP contribution in [0.1, 0.15) is 18.5 Å². The Hall–Kier alpha value is 0.130. The van der Waals surface area contributed by atoms with E-state index >= 15 is 0 Å². The van der Waals surface area contributed by atoms with Crippen molar-refractivity contribution in [1.82, 2.24) is 15.3 Å². The second-order valence-corrected chi connectivity index (χ2v) is 3.47. The molecule has 1 saturated heterocycles. The molecule has 3 nitrogen and oxygen atoms in total. The van der Waals surface area contributed by atoms with Crippen LogP contribution in [0.5, 0.6) is 0 Å². The first-order valence-corrected chi connectivity index (χ1v) is 4.63. The van der Waals surface area contributed by atoms with Gasteiger partial charge in [-0.2, -0.15) is 0 Å². The minimum atomic E-state index is 0. The van der Waals surface area contributed by atoms with E-state index in [1.807, 2.05) is 6.20 Å². The standard InChI is InChI=1S/C9H15N3.2BrH/c1-3-10-4-2-8(1)5-9-6-11-7-12-9;;/h6-8,10H,1-5H2,(H,11,12);2*1H/p-2. The Balaban J connectivity index is 0.000000845. The molecule has 0 aromatic carbocycles. The van der Waals surface area contributed by atoms with Gasteiger partial charge in [0.1, 0.15) is 0 Å². The predicted molar refractivity (Wildman–Crippen MR) is 47.9 cm³/mol. The van der Waals surface area contributed by atoms with Crippen molar-refractivity contribution in [1.29, 1.82) is 0 Å². The van der Waals surface area contributed by atoms with E-state index in [1.165, 1.54) is 38.0 Å². The van der Waals surface area contributed by atoms with Crippen molar-refractivity contribution in [2.45, 2.75) is 19.3 Å². The summed E-state index contributed by atoms with van der Waals surface area (Å²) in [6.45, 7) is 2.36. The summed E-state index contributed by atoms with van der Waals surface area (Å²) in [6.07, 6.45) is 7.47. The second-order valence-electron chi connectivity index (χ2n) is 3.47. The van der Waals surface area contributed by atoms with Gasteiger partial charge in [0.05, 0.1) is 6.33 Å². The zero-order valence-corrected chi connectivity index (χ0v) is 11.1. The van der Waals surface area contributed by atoms with Crippen LogP contribution in [-0.2, 0) is 6.42 Å². The summed E-state index contributed by atoms with van der Waals surface area (Å²) in [7, 11) is 0. The first-order valence-electron chi connectivity index (χ1n) is 4.63. The van der Waals surface area contributed by atoms with E-state index < -0.39 is 0 Å². The highest BCUT2D eigenvalue weighted by molar-refractivity contribution is 4.96. The van der Waals surface area contributed by atoms with Gasteiger partial charge in [0.15, 0.2) is 0 Å². The monoisotopic (exact) mass is 323 g/mol. The Morgan fingerprint density at radius 3 is 2.57 bits per heavy atom. The number of hydrogen-bond donors (Lipinski definition) is 2. The van der Waals surface area contributed by atoms with Gasteiger partial charge < -0.3 is 44.3 Å². The highest BCUT2D eigenvalue weighted by Crippen LogP contribution is 2.15. The highest BCUT2D eigenvalue weighted by Gasteiger charge is 2.13. The molecule has 0 unspecified atom stereocenters. The molecule has 14 heavy (non-hydrogen) atoms. The van der Waals surface area contributed by atoms with Crippen LogP contribution in [0.2, 0.25) is 0 Å². The van der Waals surface area contributed by atoms with E-state index in [1.54, 1.807) is 6.33 Å². The Labute approximate surface area is 106 Å². The third-order valence-corrected chi connectivity index (χ3v) is 2.52. The number of imidazole rings is 1. The number of aromatic amines is 1. The summed E-state index contributed by atoms with van der Waals surface area (Å²) in [5.41, 5.74) is 1.28. The number of rotatable bonds is 2. The number of nitrogens with zero attached hydrogens (tertiary/aromatic N) is 1. The van der Waals surface area contributed by atoms with Crippen LogP contribution in [0.15, 0.2) is 12.5 Å². The molecule has 0 radical (unpaired) electrons. The smallest absolute Gasteiger partial charge is 0.0921 e. The van der Waals surface area contributed by atoms with Gasteiger partial charge in [0, 0.05) is 11.9 Å². The van der Waals surface area contributed by atoms with Crippen LogP contribution in [0.25, 0.3) is 0 Å². The maximum Gasteiger partial charge on any atom is 0.0921 e. The Morgan fingerprint density at radius 2 is 2.00 bits per heavy atom. The van der Waals surface area contributed by atoms with Gasteiger partial charge in [-0.15, -0.1) is 0 Å². The van der Waals surface area contributed by atoms with Crippen LogP contribution in [-0.4, -0.2) is 23.1 Å². The molecule has 1 aromatic heterocycles. The summed E-state index contributed by atoms with van der Waals surface area (Å²) in [6, 6.07) is 0. The molecule has 2 rings (SSSR count). The van der Waals surface area contributed by atoms with E-state index in [9.17, 15) is 0 Å². The first kappa shape index (κ1) is 14.1. The zero-order valence-electron chi connectivity index (χ0n) is 7.97. The third-order valence-electron chi connectivity index (χ3n) is 2.52. The van der Waals surface area contributed by atoms with E-state index in [4.69, 9.17) is 0 Å². The average Bonchev–Trinajstić information content (AvgIpc) is 2.59. The largest absolute Gasteiger partial charge is 1.00 e. The van der Waals surface area contributed by atoms with Gasteiger partial charge in [-0.05, 0) is 38.3 Å². The molecule has 0 saturated carbocycles. The van der Waals surface area contributed by atoms with Crippen molar-refractivity contribution >= 4 is 0 Å². The van der Waals surface area contributed by atoms with E-state index in [0.717, 1.165) is 5.92 Å². The van der Waals surface area contributed by atoms with Gasteiger partial charge in [-0.3, -0.25) is 0 Å². The summed E-state index contributed by atoms with van der Waals surface area (Å²) < 4.78 is 0. The van der Waals surface area contributed by atoms with Crippen molar-refractivity contribution in [3.05, 3.63) is 18.2 Å². The van der Waals surface area contributed by atoms with Gasteiger partial charge in [-0.25, -0.2) is 4.98 Å². The molecule has 5 heteroatoms. The zero-order chi connectivity index (χ0) is 8.23. The second kappa shape index (κ2) is 7.43. The van der Waals surface area contributed by atoms with Crippen molar-refractivity contribution in [2.75, 3.05) is 13.1 Å². The molecule has 1 aliphatic heterocycles. The Morgan fingerprint density at radius 1 is 1.29 bits per heavy atom. The van der Waals surface area contributed by atoms with Gasteiger partial charge >= 0.3 is 0 Å². The molecule has 2 heterocycles. The van der Waals surface area contributed by atoms with Gasteiger partial charge in [0.25, 0.3) is 0 Å². The van der Waals surface area contributed by atoms with E-state index in [0.29, 0.717) is 0 Å². The van der Waals surface area contributed by atoms with Crippen LogP contribution >= 0.6 is 0 Å². The van der Waals surface area contributed by atoms with Crippen molar-refractivity contribution < 1.29 is 34.0 Å². The number of H-pyrrole nitrogens is 1. The SMILES string of the molecule is [Br-].[Br-].c1ncc(CC2CCNCC2)[nH]1. The first-order chi connectivity index (χ1) is 5.95. The number of nitrogens with one attached hydrogen (secondary N) is 2. The lowest BCUT2D eigenvalue weighted by Crippen LogP contribution is -3.00. The van der Waals surface area contributed by atoms with E-state index in [-0.39, 0.29) is 34.0 Å². The van der Waals surface area contributed by atoms with Crippen LogP contribution in [0.3, 0.4) is 0 Å². The fourth-order valence-corrected chi connectivity index (χ4v) is 1.79. The molecule has 82 valence electrons. The quantitative estimate of drug-likeness (QED) is 0.572. The Kier molecular flexibility index (Phi) is 7.49. The lowest BCUT2D eigenvalue weighted by Gasteiger charge is -2.21. The number of hydrogen-bond acceptors (Lipinski definition) is 2. The number of aromatic nitrogens is 2. The van der Waals surface area contributed by atoms with Gasteiger partial charge in [-0.1, -0.05) is 0 Å². The highest BCUT2D eigenvalue weighted by atomic mass is 79.9. The van der Waals surface area contributed by atoms with Crippen molar-refractivity contribution in [2.24, 2.45) is 5.92 Å². The number of halogens is 2. The minimum absolute atomic E-state index is 0. The molecule has 1 aromatic rings. The van der Waals surface area contributed by atoms with Crippen LogP contribution < -0.4 is 39.3 Å². The average molecular weight is 325 g/mol. The fraction of sp³-hybridized carbons (Fsp3) is 0.667. The van der Waals surface area contributed by atoms with Crippen molar-refractivity contribution in [3.63, 3.8) is 0 Å². The maximum atomic E-state index is 4.02. The third kappa shape index (κ3) is 4.11. The van der Waals surface area contributed by atoms with Crippen LogP contribution in [0.4, 0.5) is 0 Å².